The Morgan fingerprint density at radius 1 is 1.21 bits per heavy atom. The highest BCUT2D eigenvalue weighted by atomic mass is 19.4. The Bertz CT molecular complexity index is 776. The van der Waals surface area contributed by atoms with Gasteiger partial charge in [-0.25, -0.2) is 8.78 Å². The summed E-state index contributed by atoms with van der Waals surface area (Å²) < 4.78 is 77.6. The number of halogens is 5. The van der Waals surface area contributed by atoms with Gasteiger partial charge in [0, 0.05) is 42.9 Å². The van der Waals surface area contributed by atoms with E-state index < -0.39 is 30.9 Å². The molecule has 1 N–H and O–H groups in total. The van der Waals surface area contributed by atoms with Crippen LogP contribution in [0.15, 0.2) is 0 Å². The Kier molecular flexibility index (Phi) is 8.40. The molecule has 0 spiro atoms. The number of likely N-dealkylation sites (N-methyl/N-ethyl adjacent to an activating group) is 2. The van der Waals surface area contributed by atoms with Crippen LogP contribution in [0.1, 0.15) is 55.5 Å². The molecule has 1 fully saturated rings. The van der Waals surface area contributed by atoms with Crippen molar-refractivity contribution in [3.63, 3.8) is 0 Å². The number of ether oxygens (including phenoxy) is 2. The molecular weight excluding hydrogens is 447 g/mol. The lowest BCUT2D eigenvalue weighted by Gasteiger charge is -2.40. The van der Waals surface area contributed by atoms with Gasteiger partial charge in [-0.1, -0.05) is 0 Å². The molecule has 190 valence electrons. The van der Waals surface area contributed by atoms with Crippen LogP contribution in [0.25, 0.3) is 0 Å². The van der Waals surface area contributed by atoms with E-state index in [1.54, 1.807) is 6.92 Å². The molecule has 3 rings (SSSR count). The molecule has 1 aromatic heterocycles. The first kappa shape index (κ1) is 26.3. The van der Waals surface area contributed by atoms with E-state index in [0.29, 0.717) is 44.5 Å². The normalized spacial score (nSPS) is 25.1. The van der Waals surface area contributed by atoms with Gasteiger partial charge in [0.2, 0.25) is 0 Å². The summed E-state index contributed by atoms with van der Waals surface area (Å²) in [6.07, 6.45) is -2.90. The largest absolute Gasteiger partial charge is 0.522 e. The van der Waals surface area contributed by atoms with E-state index in [1.807, 2.05) is 14.1 Å². The number of aromatic nitrogens is 2. The second-order valence-electron chi connectivity index (χ2n) is 9.48. The maximum absolute atomic E-state index is 14.1. The van der Waals surface area contributed by atoms with Crippen LogP contribution in [0.2, 0.25) is 0 Å². The van der Waals surface area contributed by atoms with Crippen LogP contribution in [0.3, 0.4) is 0 Å². The lowest BCUT2D eigenvalue weighted by atomic mass is 9.69. The molecule has 33 heavy (non-hydrogen) atoms. The quantitative estimate of drug-likeness (QED) is 0.485. The first-order chi connectivity index (χ1) is 15.5. The van der Waals surface area contributed by atoms with Crippen LogP contribution in [-0.4, -0.2) is 74.0 Å². The molecule has 0 bridgehead atoms. The van der Waals surface area contributed by atoms with Crippen LogP contribution >= 0.6 is 0 Å². The van der Waals surface area contributed by atoms with Gasteiger partial charge in [-0.2, -0.15) is 5.10 Å². The highest BCUT2D eigenvalue weighted by molar-refractivity contribution is 5.34. The highest BCUT2D eigenvalue weighted by Gasteiger charge is 2.45. The predicted octanol–water partition coefficient (Wildman–Crippen LogP) is 3.94. The zero-order valence-corrected chi connectivity index (χ0v) is 19.6. The predicted molar refractivity (Wildman–Crippen MR) is 113 cm³/mol. The van der Waals surface area contributed by atoms with Gasteiger partial charge < -0.3 is 10.1 Å². The average molecular weight is 483 g/mol. The van der Waals surface area contributed by atoms with Gasteiger partial charge in [-0.05, 0) is 52.6 Å². The fourth-order valence-electron chi connectivity index (χ4n) is 5.03. The van der Waals surface area contributed by atoms with Crippen molar-refractivity contribution < 1.29 is 31.4 Å². The molecule has 0 radical (unpaired) electrons. The summed E-state index contributed by atoms with van der Waals surface area (Å²) in [7, 11) is 3.83. The van der Waals surface area contributed by atoms with Crippen LogP contribution in [0, 0.1) is 5.41 Å². The SMILES string of the molecule is CCOC[C@]1(COC(F)(F)F)CC[C@H](c2c(CN(C)CCNC)nn3c2CC(F)(F)C3)CC1. The number of fused-ring (bicyclic) bond motifs is 1. The minimum atomic E-state index is -4.69. The molecular formula is C22H35F5N4O2. The van der Waals surface area contributed by atoms with Crippen LogP contribution in [0.5, 0.6) is 0 Å². The number of hydrogen-bond acceptors (Lipinski definition) is 5. The Balaban J connectivity index is 1.78. The van der Waals surface area contributed by atoms with Crippen LogP contribution in [0.4, 0.5) is 22.0 Å². The number of alkyl halides is 5. The van der Waals surface area contributed by atoms with Crippen LogP contribution < -0.4 is 5.32 Å². The Hall–Kier alpha value is -1.30. The summed E-state index contributed by atoms with van der Waals surface area (Å²) in [5, 5.41) is 7.63. The number of nitrogens with one attached hydrogen (secondary N) is 1. The molecule has 2 aliphatic rings. The summed E-state index contributed by atoms with van der Waals surface area (Å²) in [5.41, 5.74) is 1.51. The summed E-state index contributed by atoms with van der Waals surface area (Å²) in [6.45, 7) is 3.65. The van der Waals surface area contributed by atoms with E-state index >= 15 is 0 Å². The van der Waals surface area contributed by atoms with Crippen molar-refractivity contribution in [3.05, 3.63) is 17.0 Å². The minimum absolute atomic E-state index is 0.0176. The van der Waals surface area contributed by atoms with Crippen molar-refractivity contribution in [1.82, 2.24) is 20.0 Å². The molecule has 0 unspecified atom stereocenters. The molecule has 0 saturated heterocycles. The van der Waals surface area contributed by atoms with Gasteiger partial charge in [0.25, 0.3) is 5.92 Å². The summed E-state index contributed by atoms with van der Waals surface area (Å²) in [6, 6.07) is 0. The standard InChI is InChI=1S/C22H35F5N4O2/c1-4-32-14-20(15-33-22(25,26)27)7-5-16(6-8-20)19-17(12-30(3)10-9-28-2)29-31-13-21(23,24)11-18(19)31/h16,28H,4-15H2,1-3H3/t16-,20-. The fourth-order valence-corrected chi connectivity index (χ4v) is 5.03. The Morgan fingerprint density at radius 2 is 1.91 bits per heavy atom. The zero-order valence-electron chi connectivity index (χ0n) is 19.6. The summed E-state index contributed by atoms with van der Waals surface area (Å²) in [5.74, 6) is -2.84. The van der Waals surface area contributed by atoms with E-state index in [1.165, 1.54) is 4.68 Å². The van der Waals surface area contributed by atoms with Gasteiger partial charge in [-0.3, -0.25) is 14.3 Å². The number of rotatable bonds is 11. The molecule has 1 saturated carbocycles. The van der Waals surface area contributed by atoms with Crippen molar-refractivity contribution in [2.24, 2.45) is 5.41 Å². The van der Waals surface area contributed by atoms with Crippen molar-refractivity contribution in [2.45, 2.75) is 70.3 Å². The molecule has 11 heteroatoms. The first-order valence-corrected chi connectivity index (χ1v) is 11.6. The van der Waals surface area contributed by atoms with E-state index in [0.717, 1.165) is 24.3 Å². The van der Waals surface area contributed by atoms with E-state index in [4.69, 9.17) is 4.74 Å². The number of nitrogens with zero attached hydrogens (tertiary/aromatic N) is 3. The second kappa shape index (κ2) is 10.5. The molecule has 6 nitrogen and oxygen atoms in total. The third-order valence-corrected chi connectivity index (χ3v) is 6.75. The van der Waals surface area contributed by atoms with Crippen molar-refractivity contribution in [2.75, 3.05) is 47.0 Å². The first-order valence-electron chi connectivity index (χ1n) is 11.6. The Labute approximate surface area is 191 Å². The van der Waals surface area contributed by atoms with Crippen molar-refractivity contribution in [3.8, 4) is 0 Å². The molecule has 0 amide bonds. The van der Waals surface area contributed by atoms with Crippen LogP contribution in [-0.2, 0) is 29.0 Å². The van der Waals surface area contributed by atoms with Crippen molar-refractivity contribution >= 4 is 0 Å². The lowest BCUT2D eigenvalue weighted by molar-refractivity contribution is -0.336. The second-order valence-corrected chi connectivity index (χ2v) is 9.48. The van der Waals surface area contributed by atoms with E-state index in [-0.39, 0.29) is 18.9 Å². The molecule has 2 heterocycles. The third-order valence-electron chi connectivity index (χ3n) is 6.75. The highest BCUT2D eigenvalue weighted by Crippen LogP contribution is 2.47. The van der Waals surface area contributed by atoms with Gasteiger partial charge in [0.05, 0.1) is 25.3 Å². The molecule has 1 aliphatic carbocycles. The van der Waals surface area contributed by atoms with Gasteiger partial charge >= 0.3 is 6.36 Å². The average Bonchev–Trinajstić information content (AvgIpc) is 3.20. The maximum atomic E-state index is 14.1. The lowest BCUT2D eigenvalue weighted by Crippen LogP contribution is -2.38. The molecule has 0 aromatic carbocycles. The summed E-state index contributed by atoms with van der Waals surface area (Å²) in [4.78, 5) is 2.09. The smallest absolute Gasteiger partial charge is 0.381 e. The monoisotopic (exact) mass is 482 g/mol. The third kappa shape index (κ3) is 6.86. The Morgan fingerprint density at radius 3 is 2.52 bits per heavy atom. The van der Waals surface area contributed by atoms with Gasteiger partial charge in [0.15, 0.2) is 0 Å². The summed E-state index contributed by atoms with van der Waals surface area (Å²) >= 11 is 0. The van der Waals surface area contributed by atoms with Gasteiger partial charge in [-0.15, -0.1) is 13.2 Å². The molecule has 1 aromatic rings. The van der Waals surface area contributed by atoms with Crippen molar-refractivity contribution in [1.29, 1.82) is 0 Å². The van der Waals surface area contributed by atoms with E-state index in [9.17, 15) is 22.0 Å². The topological polar surface area (TPSA) is 51.6 Å². The zero-order chi connectivity index (χ0) is 24.3. The maximum Gasteiger partial charge on any atom is 0.522 e. The fraction of sp³-hybridized carbons (Fsp3) is 0.864. The number of hydrogen-bond donors (Lipinski definition) is 1. The van der Waals surface area contributed by atoms with E-state index in [2.05, 4.69) is 20.1 Å². The van der Waals surface area contributed by atoms with Gasteiger partial charge in [0.1, 0.15) is 6.54 Å². The minimum Gasteiger partial charge on any atom is -0.381 e. The molecule has 1 aliphatic heterocycles. The molecule has 0 atom stereocenters.